The minimum absolute atomic E-state index is 0.645. The van der Waals surface area contributed by atoms with Gasteiger partial charge in [0.1, 0.15) is 5.82 Å². The quantitative estimate of drug-likeness (QED) is 0.715. The molecule has 0 bridgehead atoms. The third-order valence-corrected chi connectivity index (χ3v) is 2.92. The maximum Gasteiger partial charge on any atom is 0.121 e. The number of rotatable bonds is 1. The number of nitrogens with zero attached hydrogens (tertiary/aromatic N) is 2. The molecule has 4 heteroatoms. The van der Waals surface area contributed by atoms with Crippen LogP contribution in [0.3, 0.4) is 0 Å². The van der Waals surface area contributed by atoms with Gasteiger partial charge in [0.05, 0.1) is 5.69 Å². The SMILES string of the molecule is Cc1cc(-c2cc(N)n(C)n2)cc(N)c1C. The Morgan fingerprint density at radius 2 is 1.81 bits per heavy atom. The zero-order valence-corrected chi connectivity index (χ0v) is 9.78. The summed E-state index contributed by atoms with van der Waals surface area (Å²) >= 11 is 0. The topological polar surface area (TPSA) is 69.9 Å². The Morgan fingerprint density at radius 3 is 2.31 bits per heavy atom. The van der Waals surface area contributed by atoms with Crippen molar-refractivity contribution in [2.24, 2.45) is 7.05 Å². The molecule has 16 heavy (non-hydrogen) atoms. The lowest BCUT2D eigenvalue weighted by molar-refractivity contribution is 0.782. The van der Waals surface area contributed by atoms with Gasteiger partial charge in [-0.1, -0.05) is 0 Å². The van der Waals surface area contributed by atoms with Crippen molar-refractivity contribution in [2.45, 2.75) is 13.8 Å². The van der Waals surface area contributed by atoms with E-state index in [2.05, 4.69) is 11.2 Å². The molecule has 0 aliphatic rings. The van der Waals surface area contributed by atoms with Crippen LogP contribution in [0.2, 0.25) is 0 Å². The average molecular weight is 216 g/mol. The number of anilines is 2. The summed E-state index contributed by atoms with van der Waals surface area (Å²) in [5, 5.41) is 4.33. The molecule has 1 heterocycles. The molecule has 4 nitrogen and oxygen atoms in total. The van der Waals surface area contributed by atoms with Gasteiger partial charge in [-0.15, -0.1) is 0 Å². The van der Waals surface area contributed by atoms with Crippen LogP contribution in [0, 0.1) is 13.8 Å². The van der Waals surface area contributed by atoms with Gasteiger partial charge in [0, 0.05) is 24.4 Å². The van der Waals surface area contributed by atoms with E-state index in [0.29, 0.717) is 5.82 Å². The Balaban J connectivity index is 2.56. The second kappa shape index (κ2) is 3.56. The first kappa shape index (κ1) is 10.5. The molecule has 0 unspecified atom stereocenters. The van der Waals surface area contributed by atoms with E-state index in [1.54, 1.807) is 4.68 Å². The predicted molar refractivity (Wildman–Crippen MR) is 66.9 cm³/mol. The molecule has 0 fully saturated rings. The molecule has 0 aliphatic heterocycles. The van der Waals surface area contributed by atoms with Crippen LogP contribution in [0.4, 0.5) is 11.5 Å². The molecule has 0 saturated heterocycles. The summed E-state index contributed by atoms with van der Waals surface area (Å²) in [7, 11) is 1.82. The van der Waals surface area contributed by atoms with Crippen LogP contribution in [0.25, 0.3) is 11.3 Å². The van der Waals surface area contributed by atoms with E-state index >= 15 is 0 Å². The summed E-state index contributed by atoms with van der Waals surface area (Å²) in [5.41, 5.74) is 16.6. The van der Waals surface area contributed by atoms with Gasteiger partial charge >= 0.3 is 0 Å². The lowest BCUT2D eigenvalue weighted by Crippen LogP contribution is -1.97. The fraction of sp³-hybridized carbons (Fsp3) is 0.250. The highest BCUT2D eigenvalue weighted by Gasteiger charge is 2.07. The van der Waals surface area contributed by atoms with Gasteiger partial charge in [-0.25, -0.2) is 0 Å². The van der Waals surface area contributed by atoms with Crippen molar-refractivity contribution >= 4 is 11.5 Å². The van der Waals surface area contributed by atoms with Gasteiger partial charge in [-0.2, -0.15) is 5.10 Å². The minimum atomic E-state index is 0.645. The molecule has 0 spiro atoms. The molecule has 84 valence electrons. The highest BCUT2D eigenvalue weighted by molar-refractivity contribution is 5.69. The third kappa shape index (κ3) is 1.62. The van der Waals surface area contributed by atoms with Crippen molar-refractivity contribution in [1.82, 2.24) is 9.78 Å². The molecular weight excluding hydrogens is 200 g/mol. The summed E-state index contributed by atoms with van der Waals surface area (Å²) in [6.07, 6.45) is 0. The van der Waals surface area contributed by atoms with E-state index in [0.717, 1.165) is 22.5 Å². The highest BCUT2D eigenvalue weighted by atomic mass is 15.3. The van der Waals surface area contributed by atoms with Gasteiger partial charge in [-0.3, -0.25) is 4.68 Å². The van der Waals surface area contributed by atoms with Crippen molar-refractivity contribution < 1.29 is 0 Å². The molecule has 0 aliphatic carbocycles. The minimum Gasteiger partial charge on any atom is -0.398 e. The number of aromatic nitrogens is 2. The van der Waals surface area contributed by atoms with Crippen LogP contribution in [-0.4, -0.2) is 9.78 Å². The number of nitrogens with two attached hydrogens (primary N) is 2. The van der Waals surface area contributed by atoms with Crippen molar-refractivity contribution in [1.29, 1.82) is 0 Å². The Hall–Kier alpha value is -1.97. The number of aryl methyl sites for hydroxylation is 2. The Kier molecular flexibility index (Phi) is 2.34. The molecule has 0 radical (unpaired) electrons. The van der Waals surface area contributed by atoms with Crippen LogP contribution < -0.4 is 11.5 Å². The van der Waals surface area contributed by atoms with E-state index in [-0.39, 0.29) is 0 Å². The largest absolute Gasteiger partial charge is 0.398 e. The lowest BCUT2D eigenvalue weighted by atomic mass is 10.0. The normalized spacial score (nSPS) is 10.7. The number of hydrogen-bond acceptors (Lipinski definition) is 3. The summed E-state index contributed by atoms with van der Waals surface area (Å²) < 4.78 is 1.65. The average Bonchev–Trinajstić information content (AvgIpc) is 2.55. The maximum absolute atomic E-state index is 5.94. The summed E-state index contributed by atoms with van der Waals surface area (Å²) in [6, 6.07) is 5.86. The van der Waals surface area contributed by atoms with Crippen LogP contribution in [0.1, 0.15) is 11.1 Å². The predicted octanol–water partition coefficient (Wildman–Crippen LogP) is 1.87. The molecule has 0 atom stereocenters. The van der Waals surface area contributed by atoms with Gasteiger partial charge < -0.3 is 11.5 Å². The smallest absolute Gasteiger partial charge is 0.121 e. The Morgan fingerprint density at radius 1 is 1.12 bits per heavy atom. The summed E-state index contributed by atoms with van der Waals surface area (Å²) in [4.78, 5) is 0. The van der Waals surface area contributed by atoms with E-state index in [1.807, 2.05) is 33.0 Å². The van der Waals surface area contributed by atoms with E-state index < -0.39 is 0 Å². The van der Waals surface area contributed by atoms with E-state index in [1.165, 1.54) is 5.56 Å². The molecule has 0 amide bonds. The molecule has 1 aromatic heterocycles. The van der Waals surface area contributed by atoms with Gasteiger partial charge in [0.15, 0.2) is 0 Å². The molecule has 1 aromatic carbocycles. The molecule has 4 N–H and O–H groups in total. The fourth-order valence-electron chi connectivity index (χ4n) is 1.66. The van der Waals surface area contributed by atoms with Crippen LogP contribution in [0.15, 0.2) is 18.2 Å². The molecule has 0 saturated carbocycles. The second-order valence-electron chi connectivity index (χ2n) is 4.09. The fourth-order valence-corrected chi connectivity index (χ4v) is 1.66. The summed E-state index contributed by atoms with van der Waals surface area (Å²) in [5.74, 6) is 0.645. The third-order valence-electron chi connectivity index (χ3n) is 2.92. The molecular formula is C12H16N4. The highest BCUT2D eigenvalue weighted by Crippen LogP contribution is 2.26. The van der Waals surface area contributed by atoms with Crippen molar-refractivity contribution in [3.8, 4) is 11.3 Å². The van der Waals surface area contributed by atoms with E-state index in [4.69, 9.17) is 11.5 Å². The zero-order chi connectivity index (χ0) is 11.9. The van der Waals surface area contributed by atoms with Gasteiger partial charge in [0.25, 0.3) is 0 Å². The molecule has 2 aromatic rings. The van der Waals surface area contributed by atoms with Crippen LogP contribution >= 0.6 is 0 Å². The maximum atomic E-state index is 5.94. The van der Waals surface area contributed by atoms with Crippen LogP contribution in [0.5, 0.6) is 0 Å². The Labute approximate surface area is 94.9 Å². The number of hydrogen-bond donors (Lipinski definition) is 2. The lowest BCUT2D eigenvalue weighted by Gasteiger charge is -2.06. The number of benzene rings is 1. The first-order valence-electron chi connectivity index (χ1n) is 5.15. The van der Waals surface area contributed by atoms with Gasteiger partial charge in [0.2, 0.25) is 0 Å². The second-order valence-corrected chi connectivity index (χ2v) is 4.09. The van der Waals surface area contributed by atoms with Crippen LogP contribution in [-0.2, 0) is 7.05 Å². The first-order valence-corrected chi connectivity index (χ1v) is 5.15. The molecule has 2 rings (SSSR count). The van der Waals surface area contributed by atoms with Crippen molar-refractivity contribution in [3.63, 3.8) is 0 Å². The zero-order valence-electron chi connectivity index (χ0n) is 9.78. The van der Waals surface area contributed by atoms with Crippen molar-refractivity contribution in [3.05, 3.63) is 29.3 Å². The first-order chi connectivity index (χ1) is 7.49. The Bertz CT molecular complexity index is 497. The van der Waals surface area contributed by atoms with Gasteiger partial charge in [-0.05, 0) is 37.1 Å². The number of nitrogen functional groups attached to an aromatic ring is 2. The standard InChI is InChI=1S/C12H16N4/c1-7-4-9(5-10(13)8(7)2)11-6-12(14)16(3)15-11/h4-6H,13-14H2,1-3H3. The monoisotopic (exact) mass is 216 g/mol. The summed E-state index contributed by atoms with van der Waals surface area (Å²) in [6.45, 7) is 4.06. The van der Waals surface area contributed by atoms with E-state index in [9.17, 15) is 0 Å². The van der Waals surface area contributed by atoms with Crippen molar-refractivity contribution in [2.75, 3.05) is 11.5 Å².